The van der Waals surface area contributed by atoms with Gasteiger partial charge >= 0.3 is 5.97 Å². The average Bonchev–Trinajstić information content (AvgIpc) is 2.73. The van der Waals surface area contributed by atoms with E-state index < -0.39 is 0 Å². The minimum atomic E-state index is -0.375. The maximum absolute atomic E-state index is 11.7. The van der Waals surface area contributed by atoms with E-state index in [9.17, 15) is 4.79 Å². The lowest BCUT2D eigenvalue weighted by molar-refractivity contribution is 0.0601. The van der Waals surface area contributed by atoms with E-state index in [4.69, 9.17) is 4.74 Å². The van der Waals surface area contributed by atoms with Crippen molar-refractivity contribution in [2.45, 2.75) is 13.0 Å². The van der Waals surface area contributed by atoms with Crippen molar-refractivity contribution < 1.29 is 9.53 Å². The molecule has 2 aromatic carbocycles. The van der Waals surface area contributed by atoms with E-state index in [2.05, 4.69) is 44.5 Å². The Morgan fingerprint density at radius 3 is 2.81 bits per heavy atom. The molecular weight excluding hydrogens is 340 g/mol. The van der Waals surface area contributed by atoms with E-state index in [1.165, 1.54) is 18.2 Å². The molecule has 0 amide bonds. The number of carbonyl (C=O) groups is 1. The summed E-state index contributed by atoms with van der Waals surface area (Å²) in [6.07, 6.45) is 2.75. The van der Waals surface area contributed by atoms with Crippen LogP contribution in [0.25, 0.3) is 0 Å². The third-order valence-electron chi connectivity index (χ3n) is 4.64. The minimum absolute atomic E-state index is 0.375. The van der Waals surface area contributed by atoms with Gasteiger partial charge in [0.15, 0.2) is 0 Å². The number of rotatable bonds is 4. The van der Waals surface area contributed by atoms with E-state index in [1.54, 1.807) is 24.4 Å². The van der Waals surface area contributed by atoms with E-state index >= 15 is 0 Å². The van der Waals surface area contributed by atoms with Crippen molar-refractivity contribution in [3.05, 3.63) is 77.5 Å². The van der Waals surface area contributed by atoms with E-state index in [-0.39, 0.29) is 5.97 Å². The maximum Gasteiger partial charge on any atom is 0.337 e. The molecule has 0 spiro atoms. The lowest BCUT2D eigenvalue weighted by atomic mass is 10.00. The Balaban J connectivity index is 1.53. The molecule has 1 aliphatic rings. The van der Waals surface area contributed by atoms with Crippen LogP contribution in [-0.4, -0.2) is 29.6 Å². The largest absolute Gasteiger partial charge is 0.465 e. The summed E-state index contributed by atoms with van der Waals surface area (Å²) in [5.74, 6) is 1.000. The number of methoxy groups -OCH3 is 1. The summed E-state index contributed by atoms with van der Waals surface area (Å²) in [5.41, 5.74) is 3.95. The summed E-state index contributed by atoms with van der Waals surface area (Å²) >= 11 is 0. The standard InChI is InChI=1S/C21H20N4O2/c1-27-20(26)16-7-4-8-18(13-16)23-21-22-11-9-19(24-21)25-12-10-15-5-2-3-6-17(15)14-25/h2-9,11,13H,10,12,14H2,1H3,(H,22,23,24). The second-order valence-corrected chi connectivity index (χ2v) is 6.38. The number of anilines is 3. The Labute approximate surface area is 157 Å². The number of fused-ring (bicyclic) bond motifs is 1. The molecule has 3 aromatic rings. The van der Waals surface area contributed by atoms with E-state index in [0.29, 0.717) is 11.5 Å². The Hall–Kier alpha value is -3.41. The lowest BCUT2D eigenvalue weighted by Crippen LogP contribution is -2.31. The second-order valence-electron chi connectivity index (χ2n) is 6.38. The van der Waals surface area contributed by atoms with Crippen molar-refractivity contribution in [3.8, 4) is 0 Å². The molecule has 0 saturated heterocycles. The number of nitrogens with zero attached hydrogens (tertiary/aromatic N) is 3. The average molecular weight is 360 g/mol. The van der Waals surface area contributed by atoms with Crippen molar-refractivity contribution >= 4 is 23.4 Å². The van der Waals surface area contributed by atoms with Crippen LogP contribution >= 0.6 is 0 Å². The van der Waals surface area contributed by atoms with Gasteiger partial charge in [-0.3, -0.25) is 0 Å². The van der Waals surface area contributed by atoms with Crippen molar-refractivity contribution in [1.29, 1.82) is 0 Å². The predicted octanol–water partition coefficient (Wildman–Crippen LogP) is 3.57. The number of benzene rings is 2. The molecule has 6 heteroatoms. The van der Waals surface area contributed by atoms with Crippen LogP contribution < -0.4 is 10.2 Å². The number of nitrogens with one attached hydrogen (secondary N) is 1. The summed E-state index contributed by atoms with van der Waals surface area (Å²) in [6, 6.07) is 17.5. The van der Waals surface area contributed by atoms with Crippen molar-refractivity contribution in [2.24, 2.45) is 0 Å². The molecule has 27 heavy (non-hydrogen) atoms. The number of esters is 1. The highest BCUT2D eigenvalue weighted by atomic mass is 16.5. The minimum Gasteiger partial charge on any atom is -0.465 e. The molecule has 0 bridgehead atoms. The van der Waals surface area contributed by atoms with E-state index in [1.807, 2.05) is 12.1 Å². The highest BCUT2D eigenvalue weighted by molar-refractivity contribution is 5.90. The molecule has 1 N–H and O–H groups in total. The van der Waals surface area contributed by atoms with Crippen molar-refractivity contribution in [2.75, 3.05) is 23.9 Å². The monoisotopic (exact) mass is 360 g/mol. The van der Waals surface area contributed by atoms with Crippen LogP contribution in [0.2, 0.25) is 0 Å². The zero-order valence-electron chi connectivity index (χ0n) is 15.1. The van der Waals surface area contributed by atoms with Gasteiger partial charge in [-0.2, -0.15) is 4.98 Å². The zero-order valence-corrected chi connectivity index (χ0v) is 15.1. The van der Waals surface area contributed by atoms with Gasteiger partial charge in [0.25, 0.3) is 0 Å². The van der Waals surface area contributed by atoms with Gasteiger partial charge in [0.2, 0.25) is 5.95 Å². The van der Waals surface area contributed by atoms with Crippen molar-refractivity contribution in [3.63, 3.8) is 0 Å². The molecule has 0 aliphatic carbocycles. The first-order valence-electron chi connectivity index (χ1n) is 8.83. The van der Waals surface area contributed by atoms with Gasteiger partial charge in [0.05, 0.1) is 12.7 Å². The molecular formula is C21H20N4O2. The molecule has 0 atom stereocenters. The second kappa shape index (κ2) is 7.45. The highest BCUT2D eigenvalue weighted by Crippen LogP contribution is 2.24. The summed E-state index contributed by atoms with van der Waals surface area (Å²) in [5, 5.41) is 3.17. The first kappa shape index (κ1) is 17.0. The Morgan fingerprint density at radius 1 is 1.11 bits per heavy atom. The number of hydrogen-bond acceptors (Lipinski definition) is 6. The molecule has 2 heterocycles. The van der Waals surface area contributed by atoms with Gasteiger partial charge in [-0.05, 0) is 41.8 Å². The van der Waals surface area contributed by atoms with Crippen LogP contribution in [0.5, 0.6) is 0 Å². The van der Waals surface area contributed by atoms with Gasteiger partial charge in [-0.1, -0.05) is 30.3 Å². The van der Waals surface area contributed by atoms with Crippen molar-refractivity contribution in [1.82, 2.24) is 9.97 Å². The fourth-order valence-corrected chi connectivity index (χ4v) is 3.25. The Bertz CT molecular complexity index is 974. The molecule has 0 saturated carbocycles. The van der Waals surface area contributed by atoms with E-state index in [0.717, 1.165) is 31.0 Å². The van der Waals surface area contributed by atoms with Crippen LogP contribution in [0.4, 0.5) is 17.5 Å². The van der Waals surface area contributed by atoms with Gasteiger partial charge in [0, 0.05) is 25.0 Å². The number of aromatic nitrogens is 2. The first-order chi connectivity index (χ1) is 13.2. The third-order valence-corrected chi connectivity index (χ3v) is 4.64. The van der Waals surface area contributed by atoms with Crippen LogP contribution in [-0.2, 0) is 17.7 Å². The SMILES string of the molecule is COC(=O)c1cccc(Nc2nccc(N3CCc4ccccc4C3)n2)c1. The maximum atomic E-state index is 11.7. The van der Waals surface area contributed by atoms with Gasteiger partial charge < -0.3 is 15.0 Å². The molecule has 4 rings (SSSR count). The van der Waals surface area contributed by atoms with Crippen LogP contribution in [0.15, 0.2) is 60.8 Å². The van der Waals surface area contributed by atoms with Gasteiger partial charge in [0.1, 0.15) is 5.82 Å². The summed E-state index contributed by atoms with van der Waals surface area (Å²) in [6.45, 7) is 1.76. The van der Waals surface area contributed by atoms with Gasteiger partial charge in [-0.15, -0.1) is 0 Å². The summed E-state index contributed by atoms with van der Waals surface area (Å²) in [7, 11) is 1.37. The smallest absolute Gasteiger partial charge is 0.337 e. The topological polar surface area (TPSA) is 67.3 Å². The first-order valence-corrected chi connectivity index (χ1v) is 8.83. The molecule has 6 nitrogen and oxygen atoms in total. The third kappa shape index (κ3) is 3.74. The predicted molar refractivity (Wildman–Crippen MR) is 104 cm³/mol. The quantitative estimate of drug-likeness (QED) is 0.718. The molecule has 1 aromatic heterocycles. The fraction of sp³-hybridized carbons (Fsp3) is 0.190. The Kier molecular flexibility index (Phi) is 4.70. The number of ether oxygens (including phenoxy) is 1. The summed E-state index contributed by atoms with van der Waals surface area (Å²) in [4.78, 5) is 22.9. The summed E-state index contributed by atoms with van der Waals surface area (Å²) < 4.78 is 4.76. The molecule has 0 unspecified atom stereocenters. The fourth-order valence-electron chi connectivity index (χ4n) is 3.25. The molecule has 0 radical (unpaired) electrons. The normalized spacial score (nSPS) is 13.0. The van der Waals surface area contributed by atoms with Crippen LogP contribution in [0.3, 0.4) is 0 Å². The van der Waals surface area contributed by atoms with Crippen LogP contribution in [0, 0.1) is 0 Å². The van der Waals surface area contributed by atoms with Crippen LogP contribution in [0.1, 0.15) is 21.5 Å². The highest BCUT2D eigenvalue weighted by Gasteiger charge is 2.17. The van der Waals surface area contributed by atoms with Gasteiger partial charge in [-0.25, -0.2) is 9.78 Å². The Morgan fingerprint density at radius 2 is 1.96 bits per heavy atom. The molecule has 136 valence electrons. The zero-order chi connectivity index (χ0) is 18.6. The molecule has 1 aliphatic heterocycles. The lowest BCUT2D eigenvalue weighted by Gasteiger charge is -2.29. The number of carbonyl (C=O) groups excluding carboxylic acids is 1. The number of hydrogen-bond donors (Lipinski definition) is 1. The molecule has 0 fully saturated rings.